The second-order valence-electron chi connectivity index (χ2n) is 5.94. The van der Waals surface area contributed by atoms with Crippen LogP contribution in [0.15, 0.2) is 74.7 Å². The number of rotatable bonds is 6. The van der Waals surface area contributed by atoms with Gasteiger partial charge in [-0.15, -0.1) is 0 Å². The largest absolute Gasteiger partial charge is 0.487 e. The second-order valence-corrected chi connectivity index (χ2v) is 8.08. The molecule has 1 amide bonds. The molecule has 0 atom stereocenters. The van der Waals surface area contributed by atoms with Gasteiger partial charge >= 0.3 is 0 Å². The van der Waals surface area contributed by atoms with Crippen LogP contribution in [0.3, 0.4) is 0 Å². The molecule has 0 heterocycles. The van der Waals surface area contributed by atoms with Gasteiger partial charge in [-0.05, 0) is 91.5 Å². The van der Waals surface area contributed by atoms with Gasteiger partial charge in [-0.25, -0.2) is 9.82 Å². The summed E-state index contributed by atoms with van der Waals surface area (Å²) in [6.45, 7) is 0.222. The van der Waals surface area contributed by atoms with Crippen LogP contribution in [0.2, 0.25) is 5.02 Å². The number of halogens is 4. The second kappa shape index (κ2) is 10.0. The molecule has 0 saturated carbocycles. The molecule has 0 bridgehead atoms. The van der Waals surface area contributed by atoms with Crippen LogP contribution in [0.25, 0.3) is 0 Å². The minimum Gasteiger partial charge on any atom is -0.487 e. The molecule has 8 heteroatoms. The van der Waals surface area contributed by atoms with Crippen LogP contribution in [0.4, 0.5) is 4.39 Å². The zero-order chi connectivity index (χ0) is 20.8. The van der Waals surface area contributed by atoms with E-state index in [1.54, 1.807) is 48.5 Å². The van der Waals surface area contributed by atoms with Gasteiger partial charge in [0.05, 0.1) is 15.2 Å². The van der Waals surface area contributed by atoms with Gasteiger partial charge in [0.25, 0.3) is 5.91 Å². The third-order valence-corrected chi connectivity index (χ3v) is 5.21. The fourth-order valence-electron chi connectivity index (χ4n) is 2.41. The summed E-state index contributed by atoms with van der Waals surface area (Å²) in [7, 11) is 0. The summed E-state index contributed by atoms with van der Waals surface area (Å²) in [6.07, 6.45) is 1.51. The molecule has 0 aliphatic rings. The van der Waals surface area contributed by atoms with Crippen molar-refractivity contribution in [2.75, 3.05) is 0 Å². The molecule has 0 saturated heterocycles. The predicted molar refractivity (Wildman–Crippen MR) is 119 cm³/mol. The number of carbonyl (C=O) groups excluding carboxylic acids is 1. The lowest BCUT2D eigenvalue weighted by atomic mass is 10.2. The Bertz CT molecular complexity index is 1040. The highest BCUT2D eigenvalue weighted by atomic mass is 79.9. The molecule has 0 unspecified atom stereocenters. The summed E-state index contributed by atoms with van der Waals surface area (Å²) in [5, 5.41) is 4.53. The smallest absolute Gasteiger partial charge is 0.271 e. The Morgan fingerprint density at radius 3 is 2.45 bits per heavy atom. The van der Waals surface area contributed by atoms with E-state index in [1.807, 2.05) is 0 Å². The quantitative estimate of drug-likeness (QED) is 0.293. The van der Waals surface area contributed by atoms with Gasteiger partial charge in [0.1, 0.15) is 18.2 Å². The first kappa shape index (κ1) is 21.5. The van der Waals surface area contributed by atoms with Gasteiger partial charge in [0, 0.05) is 10.6 Å². The zero-order valence-corrected chi connectivity index (χ0v) is 18.8. The maximum atomic E-state index is 13.3. The minimum absolute atomic E-state index is 0.222. The van der Waals surface area contributed by atoms with Crippen LogP contribution < -0.4 is 10.2 Å². The maximum Gasteiger partial charge on any atom is 0.271 e. The van der Waals surface area contributed by atoms with E-state index in [0.717, 1.165) is 11.1 Å². The van der Waals surface area contributed by atoms with E-state index in [0.29, 0.717) is 25.3 Å². The standard InChI is InChI=1S/C21H14Br2ClFN2O2/c22-18-9-14(11-26-27-21(28)15-4-6-16(24)7-5-15)10-19(23)20(18)29-12-13-2-1-3-17(25)8-13/h1-11H,12H2,(H,27,28)/b26-11-. The van der Waals surface area contributed by atoms with E-state index in [1.165, 1.54) is 18.3 Å². The molecular weight excluding hydrogens is 527 g/mol. The van der Waals surface area contributed by atoms with Gasteiger partial charge in [-0.1, -0.05) is 23.7 Å². The number of amides is 1. The van der Waals surface area contributed by atoms with Crippen molar-refractivity contribution in [1.82, 2.24) is 5.43 Å². The first-order valence-corrected chi connectivity index (χ1v) is 10.3. The Morgan fingerprint density at radius 1 is 1.10 bits per heavy atom. The molecule has 3 aromatic rings. The molecule has 0 aliphatic carbocycles. The van der Waals surface area contributed by atoms with Crippen LogP contribution in [-0.2, 0) is 6.61 Å². The van der Waals surface area contributed by atoms with E-state index in [9.17, 15) is 9.18 Å². The molecule has 0 fully saturated rings. The molecule has 4 nitrogen and oxygen atoms in total. The SMILES string of the molecule is O=C(N/N=C\c1cc(Br)c(OCc2cccc(F)c2)c(Br)c1)c1ccc(Cl)cc1. The van der Waals surface area contributed by atoms with Crippen LogP contribution >= 0.6 is 43.5 Å². The summed E-state index contributed by atoms with van der Waals surface area (Å²) in [6, 6.07) is 16.3. The van der Waals surface area contributed by atoms with Gasteiger partial charge in [0.2, 0.25) is 0 Å². The number of nitrogens with one attached hydrogen (secondary N) is 1. The van der Waals surface area contributed by atoms with Crippen molar-refractivity contribution >= 4 is 55.6 Å². The summed E-state index contributed by atoms with van der Waals surface area (Å²) >= 11 is 12.7. The number of carbonyl (C=O) groups is 1. The summed E-state index contributed by atoms with van der Waals surface area (Å²) in [5.41, 5.74) is 4.37. The average Bonchev–Trinajstić information content (AvgIpc) is 2.68. The molecule has 0 aliphatic heterocycles. The van der Waals surface area contributed by atoms with Crippen LogP contribution in [-0.4, -0.2) is 12.1 Å². The average molecular weight is 541 g/mol. The fraction of sp³-hybridized carbons (Fsp3) is 0.0476. The van der Waals surface area contributed by atoms with Crippen LogP contribution in [0.1, 0.15) is 21.5 Å². The summed E-state index contributed by atoms with van der Waals surface area (Å²) < 4.78 is 20.4. The topological polar surface area (TPSA) is 50.7 Å². The van der Waals surface area contributed by atoms with Crippen molar-refractivity contribution in [1.29, 1.82) is 0 Å². The Balaban J connectivity index is 1.64. The van der Waals surface area contributed by atoms with E-state index in [4.69, 9.17) is 16.3 Å². The number of ether oxygens (including phenoxy) is 1. The molecule has 0 spiro atoms. The number of nitrogens with zero attached hydrogens (tertiary/aromatic N) is 1. The van der Waals surface area contributed by atoms with E-state index >= 15 is 0 Å². The van der Waals surface area contributed by atoms with Gasteiger partial charge in [-0.3, -0.25) is 4.79 Å². The van der Waals surface area contributed by atoms with Crippen molar-refractivity contribution in [2.45, 2.75) is 6.61 Å². The molecule has 1 N–H and O–H groups in total. The number of hydrazone groups is 1. The van der Waals surface area contributed by atoms with Gasteiger partial charge < -0.3 is 4.74 Å². The number of hydrogen-bond donors (Lipinski definition) is 1. The molecule has 0 aromatic heterocycles. The first-order chi connectivity index (χ1) is 13.9. The lowest BCUT2D eigenvalue weighted by Crippen LogP contribution is -2.17. The van der Waals surface area contributed by atoms with Crippen LogP contribution in [0, 0.1) is 5.82 Å². The van der Waals surface area contributed by atoms with Crippen LogP contribution in [0.5, 0.6) is 5.75 Å². The van der Waals surface area contributed by atoms with E-state index in [2.05, 4.69) is 42.4 Å². The lowest BCUT2D eigenvalue weighted by Gasteiger charge is -2.11. The van der Waals surface area contributed by atoms with Crippen molar-refractivity contribution in [3.05, 3.63) is 97.1 Å². The summed E-state index contributed by atoms with van der Waals surface area (Å²) in [5.74, 6) is -0.0702. The molecular formula is C21H14Br2ClFN2O2. The summed E-state index contributed by atoms with van der Waals surface area (Å²) in [4.78, 5) is 12.0. The first-order valence-electron chi connectivity index (χ1n) is 8.37. The van der Waals surface area contributed by atoms with E-state index in [-0.39, 0.29) is 18.3 Å². The van der Waals surface area contributed by atoms with Gasteiger partial charge in [-0.2, -0.15) is 5.10 Å². The normalized spacial score (nSPS) is 10.9. The third kappa shape index (κ3) is 6.13. The molecule has 29 heavy (non-hydrogen) atoms. The number of benzene rings is 3. The molecule has 3 rings (SSSR count). The van der Waals surface area contributed by atoms with Crippen molar-refractivity contribution < 1.29 is 13.9 Å². The fourth-order valence-corrected chi connectivity index (χ4v) is 3.98. The van der Waals surface area contributed by atoms with Crippen molar-refractivity contribution in [3.8, 4) is 5.75 Å². The van der Waals surface area contributed by atoms with Crippen molar-refractivity contribution in [2.24, 2.45) is 5.10 Å². The molecule has 0 radical (unpaired) electrons. The third-order valence-electron chi connectivity index (χ3n) is 3.78. The Kier molecular flexibility index (Phi) is 7.41. The number of hydrogen-bond acceptors (Lipinski definition) is 3. The van der Waals surface area contributed by atoms with Crippen molar-refractivity contribution in [3.63, 3.8) is 0 Å². The molecule has 148 valence electrons. The maximum absolute atomic E-state index is 13.3. The Morgan fingerprint density at radius 2 is 1.79 bits per heavy atom. The highest BCUT2D eigenvalue weighted by Gasteiger charge is 2.10. The highest BCUT2D eigenvalue weighted by Crippen LogP contribution is 2.35. The molecule has 3 aromatic carbocycles. The Hall–Kier alpha value is -2.22. The predicted octanol–water partition coefficient (Wildman–Crippen LogP) is 6.35. The van der Waals surface area contributed by atoms with E-state index < -0.39 is 0 Å². The van der Waals surface area contributed by atoms with Gasteiger partial charge in [0.15, 0.2) is 0 Å². The monoisotopic (exact) mass is 538 g/mol. The lowest BCUT2D eigenvalue weighted by molar-refractivity contribution is 0.0955. The highest BCUT2D eigenvalue weighted by molar-refractivity contribution is 9.11. The Labute approximate surface area is 189 Å². The zero-order valence-electron chi connectivity index (χ0n) is 14.8. The minimum atomic E-state index is -0.342.